The summed E-state index contributed by atoms with van der Waals surface area (Å²) >= 11 is 6.17. The van der Waals surface area contributed by atoms with Crippen LogP contribution in [0.25, 0.3) is 0 Å². The Kier molecular flexibility index (Phi) is 4.76. The van der Waals surface area contributed by atoms with Gasteiger partial charge in [0.1, 0.15) is 12.0 Å². The molecule has 3 rings (SSSR count). The quantitative estimate of drug-likeness (QED) is 0.606. The summed E-state index contributed by atoms with van der Waals surface area (Å²) in [6.07, 6.45) is 1.47. The van der Waals surface area contributed by atoms with Crippen LogP contribution in [0.15, 0.2) is 42.7 Å². The number of hydrogen-bond donors (Lipinski definition) is 3. The van der Waals surface area contributed by atoms with E-state index in [2.05, 4.69) is 33.6 Å². The minimum absolute atomic E-state index is 0.444. The third-order valence-corrected chi connectivity index (χ3v) is 4.36. The number of aryl methyl sites for hydroxylation is 3. The van der Waals surface area contributed by atoms with Crippen molar-refractivity contribution in [2.75, 3.05) is 16.4 Å². The first kappa shape index (κ1) is 17.0. The van der Waals surface area contributed by atoms with Crippen molar-refractivity contribution in [2.24, 2.45) is 0 Å². The van der Waals surface area contributed by atoms with E-state index in [4.69, 9.17) is 17.3 Å². The maximum atomic E-state index is 6.24. The Morgan fingerprint density at radius 2 is 1.60 bits per heavy atom. The average Bonchev–Trinajstić information content (AvgIpc) is 2.57. The van der Waals surface area contributed by atoms with Gasteiger partial charge in [0.25, 0.3) is 0 Å². The van der Waals surface area contributed by atoms with Crippen LogP contribution in [0.4, 0.5) is 28.7 Å². The molecule has 0 spiro atoms. The molecule has 0 unspecified atom stereocenters. The number of aromatic nitrogens is 2. The lowest BCUT2D eigenvalue weighted by Gasteiger charge is -2.14. The molecule has 1 aromatic heterocycles. The van der Waals surface area contributed by atoms with Gasteiger partial charge in [-0.05, 0) is 50.1 Å². The zero-order chi connectivity index (χ0) is 18.0. The molecule has 0 amide bonds. The summed E-state index contributed by atoms with van der Waals surface area (Å²) < 4.78 is 0. The highest BCUT2D eigenvalue weighted by molar-refractivity contribution is 6.31. The van der Waals surface area contributed by atoms with Crippen molar-refractivity contribution >= 4 is 40.3 Å². The van der Waals surface area contributed by atoms with Gasteiger partial charge in [-0.3, -0.25) is 0 Å². The number of benzene rings is 2. The van der Waals surface area contributed by atoms with Gasteiger partial charge < -0.3 is 16.4 Å². The number of nitrogens with two attached hydrogens (primary N) is 1. The number of nitrogens with zero attached hydrogens (tertiary/aromatic N) is 2. The molecule has 6 heteroatoms. The third-order valence-electron chi connectivity index (χ3n) is 3.95. The number of hydrogen-bond acceptors (Lipinski definition) is 5. The summed E-state index contributed by atoms with van der Waals surface area (Å²) in [6.45, 7) is 6.06. The predicted octanol–water partition coefficient (Wildman–Crippen LogP) is 5.12. The smallest absolute Gasteiger partial charge is 0.159 e. The van der Waals surface area contributed by atoms with Gasteiger partial charge in [0, 0.05) is 16.4 Å². The average molecular weight is 354 g/mol. The second-order valence-electron chi connectivity index (χ2n) is 6.02. The largest absolute Gasteiger partial charge is 0.393 e. The molecule has 0 fully saturated rings. The van der Waals surface area contributed by atoms with E-state index in [1.165, 1.54) is 11.9 Å². The van der Waals surface area contributed by atoms with Crippen LogP contribution in [-0.2, 0) is 0 Å². The highest BCUT2D eigenvalue weighted by Gasteiger charge is 2.10. The monoisotopic (exact) mass is 353 g/mol. The van der Waals surface area contributed by atoms with Gasteiger partial charge in [-0.1, -0.05) is 35.4 Å². The molecule has 0 aliphatic heterocycles. The molecular weight excluding hydrogens is 334 g/mol. The maximum absolute atomic E-state index is 6.24. The van der Waals surface area contributed by atoms with Crippen molar-refractivity contribution in [1.82, 2.24) is 9.97 Å². The summed E-state index contributed by atoms with van der Waals surface area (Å²) in [5.41, 5.74) is 11.8. The van der Waals surface area contributed by atoms with Crippen LogP contribution in [0.5, 0.6) is 0 Å². The Bertz CT molecular complexity index is 924. The van der Waals surface area contributed by atoms with Crippen LogP contribution >= 0.6 is 11.6 Å². The minimum atomic E-state index is 0.444. The van der Waals surface area contributed by atoms with Gasteiger partial charge in [-0.2, -0.15) is 0 Å². The van der Waals surface area contributed by atoms with Crippen molar-refractivity contribution in [2.45, 2.75) is 20.8 Å². The van der Waals surface area contributed by atoms with E-state index in [-0.39, 0.29) is 0 Å². The van der Waals surface area contributed by atoms with Crippen LogP contribution < -0.4 is 16.4 Å². The first-order valence-electron chi connectivity index (χ1n) is 7.92. The Morgan fingerprint density at radius 1 is 0.880 bits per heavy atom. The maximum Gasteiger partial charge on any atom is 0.159 e. The number of nitrogen functional groups attached to an aromatic ring is 1. The Morgan fingerprint density at radius 3 is 2.28 bits per heavy atom. The van der Waals surface area contributed by atoms with Crippen molar-refractivity contribution < 1.29 is 0 Å². The molecule has 3 aromatic rings. The lowest BCUT2D eigenvalue weighted by atomic mass is 10.1. The second-order valence-corrected chi connectivity index (χ2v) is 6.42. The molecule has 5 nitrogen and oxygen atoms in total. The van der Waals surface area contributed by atoms with E-state index >= 15 is 0 Å². The number of nitrogens with one attached hydrogen (secondary N) is 2. The molecule has 4 N–H and O–H groups in total. The molecular formula is C19H20ClN5. The summed E-state index contributed by atoms with van der Waals surface area (Å²) in [7, 11) is 0. The summed E-state index contributed by atoms with van der Waals surface area (Å²) in [6, 6.07) is 11.9. The number of halogens is 1. The molecule has 0 aliphatic rings. The van der Waals surface area contributed by atoms with E-state index in [1.54, 1.807) is 0 Å². The van der Waals surface area contributed by atoms with Crippen LogP contribution in [0.1, 0.15) is 16.7 Å². The van der Waals surface area contributed by atoms with E-state index in [0.29, 0.717) is 22.3 Å². The van der Waals surface area contributed by atoms with E-state index in [9.17, 15) is 0 Å². The van der Waals surface area contributed by atoms with Crippen LogP contribution in [0.3, 0.4) is 0 Å². The van der Waals surface area contributed by atoms with Gasteiger partial charge in [-0.25, -0.2) is 9.97 Å². The molecule has 0 saturated carbocycles. The minimum Gasteiger partial charge on any atom is -0.393 e. The van der Waals surface area contributed by atoms with E-state index in [1.807, 2.05) is 44.2 Å². The van der Waals surface area contributed by atoms with E-state index in [0.717, 1.165) is 22.5 Å². The van der Waals surface area contributed by atoms with Gasteiger partial charge in [0.05, 0.1) is 0 Å². The summed E-state index contributed by atoms with van der Waals surface area (Å²) in [5.74, 6) is 1.09. The van der Waals surface area contributed by atoms with Gasteiger partial charge in [-0.15, -0.1) is 0 Å². The molecule has 0 bridgehead atoms. The molecule has 0 atom stereocenters. The Hall–Kier alpha value is -2.79. The molecule has 2 aromatic carbocycles. The first-order chi connectivity index (χ1) is 11.9. The van der Waals surface area contributed by atoms with Crippen LogP contribution in [0, 0.1) is 20.8 Å². The van der Waals surface area contributed by atoms with Crippen LogP contribution in [0.2, 0.25) is 5.02 Å². The fraction of sp³-hybridized carbons (Fsp3) is 0.158. The molecule has 25 heavy (non-hydrogen) atoms. The summed E-state index contributed by atoms with van der Waals surface area (Å²) in [4.78, 5) is 8.49. The van der Waals surface area contributed by atoms with Crippen molar-refractivity contribution in [3.63, 3.8) is 0 Å². The molecule has 0 radical (unpaired) electrons. The van der Waals surface area contributed by atoms with Crippen molar-refractivity contribution in [3.8, 4) is 0 Å². The molecule has 128 valence electrons. The lowest BCUT2D eigenvalue weighted by Crippen LogP contribution is -2.06. The number of rotatable bonds is 4. The van der Waals surface area contributed by atoms with Gasteiger partial charge in [0.15, 0.2) is 11.6 Å². The van der Waals surface area contributed by atoms with Crippen molar-refractivity contribution in [3.05, 3.63) is 64.4 Å². The van der Waals surface area contributed by atoms with Gasteiger partial charge in [0.2, 0.25) is 0 Å². The second kappa shape index (κ2) is 6.99. The Balaban J connectivity index is 1.87. The normalized spacial score (nSPS) is 10.6. The Labute approximate surface area is 152 Å². The molecule has 0 saturated heterocycles. The summed E-state index contributed by atoms with van der Waals surface area (Å²) in [5, 5.41) is 7.15. The van der Waals surface area contributed by atoms with Gasteiger partial charge >= 0.3 is 0 Å². The predicted molar refractivity (Wildman–Crippen MR) is 105 cm³/mol. The fourth-order valence-electron chi connectivity index (χ4n) is 2.48. The highest BCUT2D eigenvalue weighted by Crippen LogP contribution is 2.30. The zero-order valence-corrected chi connectivity index (χ0v) is 15.1. The molecule has 1 heterocycles. The zero-order valence-electron chi connectivity index (χ0n) is 14.4. The fourth-order valence-corrected chi connectivity index (χ4v) is 2.66. The number of anilines is 5. The first-order valence-corrected chi connectivity index (χ1v) is 8.30. The van der Waals surface area contributed by atoms with Crippen molar-refractivity contribution in [1.29, 1.82) is 0 Å². The highest BCUT2D eigenvalue weighted by atomic mass is 35.5. The molecule has 0 aliphatic carbocycles. The lowest BCUT2D eigenvalue weighted by molar-refractivity contribution is 1.17. The van der Waals surface area contributed by atoms with Crippen LogP contribution in [-0.4, -0.2) is 9.97 Å². The SMILES string of the molecule is Cc1ccc(Nc2ncnc(Nc3ccc(C)c(Cl)c3)c2N)c(C)c1. The topological polar surface area (TPSA) is 75.9 Å². The third kappa shape index (κ3) is 3.83. The standard InChI is InChI=1S/C19H20ClN5/c1-11-4-7-16(13(3)8-11)25-19-17(21)18(22-10-23-19)24-14-6-5-12(2)15(20)9-14/h4-10H,21H2,1-3H3,(H2,22,23,24,25). The van der Waals surface area contributed by atoms with E-state index < -0.39 is 0 Å².